The molecule has 0 aliphatic carbocycles. The average Bonchev–Trinajstić information content (AvgIpc) is 2.83. The van der Waals surface area contributed by atoms with Crippen molar-refractivity contribution in [3.05, 3.63) is 41.5 Å². The lowest BCUT2D eigenvalue weighted by molar-refractivity contribution is -0.141. The van der Waals surface area contributed by atoms with E-state index in [1.807, 2.05) is 13.8 Å². The number of pyridine rings is 1. The lowest BCUT2D eigenvalue weighted by Gasteiger charge is -2.12. The minimum Gasteiger partial charge on any atom is -0.317 e. The number of hydrogen-bond donors (Lipinski definition) is 1. The first kappa shape index (κ1) is 17.0. The molecule has 0 radical (unpaired) electrons. The average molecular weight is 326 g/mol. The predicted molar refractivity (Wildman–Crippen MR) is 79.0 cm³/mol. The summed E-state index contributed by atoms with van der Waals surface area (Å²) in [4.78, 5) is 19.8. The molecule has 1 amide bonds. The van der Waals surface area contributed by atoms with Crippen LogP contribution in [0.2, 0.25) is 0 Å². The largest absolute Gasteiger partial charge is 0.433 e. The summed E-state index contributed by atoms with van der Waals surface area (Å²) in [5.74, 6) is 0.164. The van der Waals surface area contributed by atoms with E-state index in [0.717, 1.165) is 12.1 Å². The van der Waals surface area contributed by atoms with E-state index in [1.54, 1.807) is 17.0 Å². The topological polar surface area (TPSA) is 59.8 Å². The maximum Gasteiger partial charge on any atom is 0.433 e. The van der Waals surface area contributed by atoms with Crippen LogP contribution in [0, 0.1) is 12.8 Å². The molecule has 8 heteroatoms. The molecule has 0 aromatic carbocycles. The van der Waals surface area contributed by atoms with Gasteiger partial charge in [-0.2, -0.15) is 13.2 Å². The second-order valence-electron chi connectivity index (χ2n) is 5.58. The Balaban J connectivity index is 2.20. The van der Waals surface area contributed by atoms with Crippen LogP contribution in [-0.4, -0.2) is 20.4 Å². The molecule has 2 rings (SSSR count). The molecule has 0 aliphatic rings. The van der Waals surface area contributed by atoms with Gasteiger partial charge in [-0.25, -0.2) is 9.97 Å². The first-order chi connectivity index (χ1) is 10.7. The minimum atomic E-state index is -4.53. The van der Waals surface area contributed by atoms with Crippen LogP contribution in [0.1, 0.15) is 35.6 Å². The van der Waals surface area contributed by atoms with Crippen LogP contribution in [0.3, 0.4) is 0 Å². The van der Waals surface area contributed by atoms with E-state index in [4.69, 9.17) is 0 Å². The fourth-order valence-electron chi connectivity index (χ4n) is 2.10. The first-order valence-corrected chi connectivity index (χ1v) is 7.06. The van der Waals surface area contributed by atoms with Gasteiger partial charge in [-0.15, -0.1) is 0 Å². The molecule has 124 valence electrons. The van der Waals surface area contributed by atoms with Crippen LogP contribution in [0.15, 0.2) is 24.5 Å². The highest BCUT2D eigenvalue weighted by atomic mass is 19.4. The van der Waals surface area contributed by atoms with Gasteiger partial charge < -0.3 is 4.57 Å². The van der Waals surface area contributed by atoms with Crippen molar-refractivity contribution < 1.29 is 18.0 Å². The quantitative estimate of drug-likeness (QED) is 0.935. The van der Waals surface area contributed by atoms with Crippen molar-refractivity contribution in [2.45, 2.75) is 33.5 Å². The number of amides is 1. The van der Waals surface area contributed by atoms with Crippen molar-refractivity contribution in [2.75, 3.05) is 5.32 Å². The van der Waals surface area contributed by atoms with Crippen LogP contribution in [0.25, 0.3) is 0 Å². The third kappa shape index (κ3) is 4.08. The first-order valence-electron chi connectivity index (χ1n) is 7.06. The lowest BCUT2D eigenvalue weighted by atomic mass is 10.1. The van der Waals surface area contributed by atoms with Gasteiger partial charge in [0.15, 0.2) is 0 Å². The van der Waals surface area contributed by atoms with Crippen LogP contribution < -0.4 is 5.32 Å². The van der Waals surface area contributed by atoms with Gasteiger partial charge in [-0.05, 0) is 25.0 Å². The van der Waals surface area contributed by atoms with Crippen molar-refractivity contribution in [2.24, 2.45) is 5.92 Å². The maximum atomic E-state index is 12.6. The monoisotopic (exact) mass is 326 g/mol. The summed E-state index contributed by atoms with van der Waals surface area (Å²) < 4.78 is 39.6. The van der Waals surface area contributed by atoms with Crippen LogP contribution >= 0.6 is 0 Å². The Hall–Kier alpha value is -2.38. The Labute approximate surface area is 131 Å². The standard InChI is InChI=1S/C15H17F3N4O/c1-9(2)8-22-7-6-19-14(22)21-13(23)11-4-5-12(15(16,17)18)20-10(11)3/h4-7,9H,8H2,1-3H3,(H,19,21,23). The summed E-state index contributed by atoms with van der Waals surface area (Å²) in [5, 5.41) is 2.60. The molecule has 0 saturated carbocycles. The molecule has 0 aliphatic heterocycles. The third-order valence-corrected chi connectivity index (χ3v) is 3.12. The number of hydrogen-bond acceptors (Lipinski definition) is 3. The molecule has 1 N–H and O–H groups in total. The Kier molecular flexibility index (Phi) is 4.72. The van der Waals surface area contributed by atoms with E-state index in [-0.39, 0.29) is 11.3 Å². The molecule has 23 heavy (non-hydrogen) atoms. The summed E-state index contributed by atoms with van der Waals surface area (Å²) in [6, 6.07) is 1.92. The molecule has 5 nitrogen and oxygen atoms in total. The number of anilines is 1. The van der Waals surface area contributed by atoms with Crippen molar-refractivity contribution in [1.29, 1.82) is 0 Å². The highest BCUT2D eigenvalue weighted by Crippen LogP contribution is 2.28. The molecule has 2 aromatic heterocycles. The molecule has 2 aromatic rings. The number of nitrogens with zero attached hydrogens (tertiary/aromatic N) is 3. The van der Waals surface area contributed by atoms with E-state index in [2.05, 4.69) is 15.3 Å². The van der Waals surface area contributed by atoms with Crippen molar-refractivity contribution in [3.63, 3.8) is 0 Å². The van der Waals surface area contributed by atoms with Gasteiger partial charge >= 0.3 is 6.18 Å². The molecule has 0 unspecified atom stereocenters. The zero-order valence-electron chi connectivity index (χ0n) is 13.0. The summed E-state index contributed by atoms with van der Waals surface area (Å²) in [5.41, 5.74) is -0.927. The zero-order chi connectivity index (χ0) is 17.2. The predicted octanol–water partition coefficient (Wildman–Crippen LogP) is 3.51. The summed E-state index contributed by atoms with van der Waals surface area (Å²) in [7, 11) is 0. The van der Waals surface area contributed by atoms with E-state index >= 15 is 0 Å². The Morgan fingerprint density at radius 1 is 1.35 bits per heavy atom. The second kappa shape index (κ2) is 6.39. The number of halogens is 3. The summed E-state index contributed by atoms with van der Waals surface area (Å²) >= 11 is 0. The molecular formula is C15H17F3N4O. The summed E-state index contributed by atoms with van der Waals surface area (Å²) in [6.45, 7) is 6.08. The van der Waals surface area contributed by atoms with Crippen molar-refractivity contribution >= 4 is 11.9 Å². The number of carbonyl (C=O) groups excluding carboxylic acids is 1. The van der Waals surface area contributed by atoms with Crippen LogP contribution in [0.4, 0.5) is 19.1 Å². The third-order valence-electron chi connectivity index (χ3n) is 3.12. The van der Waals surface area contributed by atoms with E-state index < -0.39 is 17.8 Å². The normalized spacial score (nSPS) is 11.8. The van der Waals surface area contributed by atoms with Gasteiger partial charge in [0.25, 0.3) is 5.91 Å². The van der Waals surface area contributed by atoms with Crippen LogP contribution in [0.5, 0.6) is 0 Å². The van der Waals surface area contributed by atoms with E-state index in [1.165, 1.54) is 6.92 Å². The van der Waals surface area contributed by atoms with Gasteiger partial charge in [0.2, 0.25) is 5.95 Å². The van der Waals surface area contributed by atoms with Crippen LogP contribution in [-0.2, 0) is 12.7 Å². The number of aryl methyl sites for hydroxylation is 1. The van der Waals surface area contributed by atoms with E-state index in [0.29, 0.717) is 18.4 Å². The minimum absolute atomic E-state index is 0.0132. The fraction of sp³-hybridized carbons (Fsp3) is 0.400. The molecular weight excluding hydrogens is 309 g/mol. The lowest BCUT2D eigenvalue weighted by Crippen LogP contribution is -2.19. The van der Waals surface area contributed by atoms with Gasteiger partial charge in [0.05, 0.1) is 11.3 Å². The maximum absolute atomic E-state index is 12.6. The van der Waals surface area contributed by atoms with Gasteiger partial charge in [0.1, 0.15) is 5.69 Å². The highest BCUT2D eigenvalue weighted by Gasteiger charge is 2.33. The van der Waals surface area contributed by atoms with Crippen molar-refractivity contribution in [1.82, 2.24) is 14.5 Å². The SMILES string of the molecule is Cc1nc(C(F)(F)F)ccc1C(=O)Nc1nccn1CC(C)C. The van der Waals surface area contributed by atoms with Gasteiger partial charge in [-0.1, -0.05) is 13.8 Å². The van der Waals surface area contributed by atoms with E-state index in [9.17, 15) is 18.0 Å². The highest BCUT2D eigenvalue weighted by molar-refractivity contribution is 6.04. The van der Waals surface area contributed by atoms with Gasteiger partial charge in [0, 0.05) is 18.9 Å². The Morgan fingerprint density at radius 3 is 2.61 bits per heavy atom. The second-order valence-corrected chi connectivity index (χ2v) is 5.58. The molecule has 0 saturated heterocycles. The molecule has 0 spiro atoms. The molecule has 2 heterocycles. The van der Waals surface area contributed by atoms with Gasteiger partial charge in [-0.3, -0.25) is 10.1 Å². The zero-order valence-corrected chi connectivity index (χ0v) is 13.0. The number of imidazole rings is 1. The smallest absolute Gasteiger partial charge is 0.317 e. The Bertz CT molecular complexity index is 707. The van der Waals surface area contributed by atoms with Crippen molar-refractivity contribution in [3.8, 4) is 0 Å². The molecule has 0 atom stereocenters. The number of carbonyl (C=O) groups is 1. The number of alkyl halides is 3. The number of aromatic nitrogens is 3. The fourth-order valence-corrected chi connectivity index (χ4v) is 2.10. The Morgan fingerprint density at radius 2 is 2.04 bits per heavy atom. The number of nitrogens with one attached hydrogen (secondary N) is 1. The molecule has 0 bridgehead atoms. The molecule has 0 fully saturated rings. The number of rotatable bonds is 4. The summed E-state index contributed by atoms with van der Waals surface area (Å²) in [6.07, 6.45) is -1.25.